The van der Waals surface area contributed by atoms with Crippen LogP contribution in [0.5, 0.6) is 5.75 Å². The minimum Gasteiger partial charge on any atom is -0.479 e. The van der Waals surface area contributed by atoms with E-state index in [0.717, 1.165) is 61.7 Å². The van der Waals surface area contributed by atoms with E-state index in [1.54, 1.807) is 13.0 Å². The van der Waals surface area contributed by atoms with E-state index in [-0.39, 0.29) is 5.97 Å². The van der Waals surface area contributed by atoms with Gasteiger partial charge in [-0.15, -0.1) is 0 Å². The molecular formula is C33H36F3NO3. The molecule has 3 aromatic rings. The van der Waals surface area contributed by atoms with Crippen LogP contribution in [-0.4, -0.2) is 43.2 Å². The van der Waals surface area contributed by atoms with Gasteiger partial charge in [-0.25, -0.2) is 4.79 Å². The fourth-order valence-corrected chi connectivity index (χ4v) is 4.84. The summed E-state index contributed by atoms with van der Waals surface area (Å²) in [6, 6.07) is 21.8. The number of rotatable bonds is 11. The molecule has 0 aliphatic carbocycles. The maximum atomic E-state index is 13.1. The minimum atomic E-state index is -4.33. The van der Waals surface area contributed by atoms with Crippen LogP contribution < -0.4 is 4.74 Å². The maximum Gasteiger partial charge on any atom is 0.416 e. The minimum absolute atomic E-state index is 0.330. The van der Waals surface area contributed by atoms with Crippen LogP contribution in [0.25, 0.3) is 16.7 Å². The molecule has 0 bridgehead atoms. The molecule has 40 heavy (non-hydrogen) atoms. The van der Waals surface area contributed by atoms with Gasteiger partial charge in [0.1, 0.15) is 5.75 Å². The zero-order chi connectivity index (χ0) is 28.5. The van der Waals surface area contributed by atoms with E-state index in [4.69, 9.17) is 9.47 Å². The lowest BCUT2D eigenvalue weighted by Crippen LogP contribution is -2.30. The Hall–Kier alpha value is -3.58. The Morgan fingerprint density at radius 2 is 1.65 bits per heavy atom. The van der Waals surface area contributed by atoms with E-state index in [1.165, 1.54) is 17.7 Å². The van der Waals surface area contributed by atoms with Gasteiger partial charge >= 0.3 is 12.1 Å². The smallest absolute Gasteiger partial charge is 0.416 e. The Kier molecular flexibility index (Phi) is 10.0. The molecule has 1 heterocycles. The first kappa shape index (κ1) is 29.4. The zero-order valence-electron chi connectivity index (χ0n) is 23.0. The predicted octanol–water partition coefficient (Wildman–Crippen LogP) is 7.81. The Labute approximate surface area is 234 Å². The van der Waals surface area contributed by atoms with Gasteiger partial charge in [-0.1, -0.05) is 68.0 Å². The number of ether oxygens (including phenoxy) is 2. The third kappa shape index (κ3) is 7.98. The SMILES string of the molecule is CCCC(Oc1ccc(-c2ccc(CCN3CC=C(c4cccc(C(F)(F)F)c4)CC3)cc2)cc1)C(=O)OCC. The molecule has 0 spiro atoms. The molecule has 1 aliphatic heterocycles. The number of esters is 1. The molecule has 0 amide bonds. The monoisotopic (exact) mass is 551 g/mol. The van der Waals surface area contributed by atoms with Crippen molar-refractivity contribution in [2.75, 3.05) is 26.2 Å². The number of carbonyl (C=O) groups excluding carboxylic acids is 1. The summed E-state index contributed by atoms with van der Waals surface area (Å²) >= 11 is 0. The summed E-state index contributed by atoms with van der Waals surface area (Å²) < 4.78 is 50.2. The molecule has 212 valence electrons. The van der Waals surface area contributed by atoms with Crippen molar-refractivity contribution in [3.05, 3.63) is 95.6 Å². The number of carbonyl (C=O) groups is 1. The summed E-state index contributed by atoms with van der Waals surface area (Å²) in [4.78, 5) is 14.5. The van der Waals surface area contributed by atoms with Crippen LogP contribution in [0, 0.1) is 0 Å². The van der Waals surface area contributed by atoms with Gasteiger partial charge in [0.25, 0.3) is 0 Å². The Morgan fingerprint density at radius 1 is 0.950 bits per heavy atom. The van der Waals surface area contributed by atoms with Gasteiger partial charge < -0.3 is 9.47 Å². The van der Waals surface area contributed by atoms with E-state index in [0.29, 0.717) is 24.3 Å². The van der Waals surface area contributed by atoms with Crippen LogP contribution in [0.4, 0.5) is 13.2 Å². The number of hydrogen-bond acceptors (Lipinski definition) is 4. The van der Waals surface area contributed by atoms with Gasteiger partial charge in [-0.2, -0.15) is 13.2 Å². The van der Waals surface area contributed by atoms with E-state index < -0.39 is 17.8 Å². The predicted molar refractivity (Wildman–Crippen MR) is 152 cm³/mol. The van der Waals surface area contributed by atoms with Crippen molar-refractivity contribution in [2.45, 2.75) is 51.8 Å². The Balaban J connectivity index is 1.29. The molecule has 4 nitrogen and oxygen atoms in total. The van der Waals surface area contributed by atoms with Crippen molar-refractivity contribution >= 4 is 11.5 Å². The number of benzene rings is 3. The van der Waals surface area contributed by atoms with Gasteiger partial charge in [0.05, 0.1) is 12.2 Å². The highest BCUT2D eigenvalue weighted by Gasteiger charge is 2.30. The highest BCUT2D eigenvalue weighted by atomic mass is 19.4. The van der Waals surface area contributed by atoms with Crippen molar-refractivity contribution in [1.82, 2.24) is 4.90 Å². The quantitative estimate of drug-likeness (QED) is 0.228. The van der Waals surface area contributed by atoms with Crippen LogP contribution in [0.3, 0.4) is 0 Å². The van der Waals surface area contributed by atoms with Gasteiger partial charge in [-0.05, 0) is 78.3 Å². The molecule has 1 aliphatic rings. The molecule has 0 saturated carbocycles. The van der Waals surface area contributed by atoms with E-state index in [1.807, 2.05) is 37.3 Å². The van der Waals surface area contributed by atoms with Crippen molar-refractivity contribution in [1.29, 1.82) is 0 Å². The lowest BCUT2D eigenvalue weighted by atomic mass is 9.97. The summed E-state index contributed by atoms with van der Waals surface area (Å²) in [7, 11) is 0. The summed E-state index contributed by atoms with van der Waals surface area (Å²) in [5.41, 5.74) is 4.42. The van der Waals surface area contributed by atoms with Crippen LogP contribution in [0.15, 0.2) is 78.9 Å². The lowest BCUT2D eigenvalue weighted by molar-refractivity contribution is -0.151. The van der Waals surface area contributed by atoms with Crippen molar-refractivity contribution in [3.63, 3.8) is 0 Å². The Morgan fingerprint density at radius 3 is 2.25 bits per heavy atom. The van der Waals surface area contributed by atoms with Gasteiger partial charge in [-0.3, -0.25) is 4.90 Å². The van der Waals surface area contributed by atoms with Gasteiger partial charge in [0.2, 0.25) is 0 Å². The average molecular weight is 552 g/mol. The largest absolute Gasteiger partial charge is 0.479 e. The van der Waals surface area contributed by atoms with Crippen LogP contribution in [0.2, 0.25) is 0 Å². The molecular weight excluding hydrogens is 515 g/mol. The third-order valence-corrected chi connectivity index (χ3v) is 7.09. The Bertz CT molecular complexity index is 1280. The maximum absolute atomic E-state index is 13.1. The standard InChI is InChI=1S/C33H36F3NO3/c1-3-6-31(32(38)39-4-2)40-30-15-13-26(14-16-30)25-11-9-24(10-12-25)17-20-37-21-18-27(19-22-37)28-7-5-8-29(23-28)33(34,35)36/h5,7-16,18,23,31H,3-4,6,17,19-22H2,1-2H3. The molecule has 0 aromatic heterocycles. The first-order valence-corrected chi connectivity index (χ1v) is 13.9. The van der Waals surface area contributed by atoms with Gasteiger partial charge in [0, 0.05) is 19.6 Å². The molecule has 0 radical (unpaired) electrons. The van der Waals surface area contributed by atoms with Crippen LogP contribution in [0.1, 0.15) is 49.8 Å². The average Bonchev–Trinajstić information content (AvgIpc) is 2.96. The fourth-order valence-electron chi connectivity index (χ4n) is 4.84. The fraction of sp³-hybridized carbons (Fsp3) is 0.364. The first-order valence-electron chi connectivity index (χ1n) is 13.9. The number of hydrogen-bond donors (Lipinski definition) is 0. The lowest BCUT2D eigenvalue weighted by Gasteiger charge is -2.26. The zero-order valence-corrected chi connectivity index (χ0v) is 23.0. The highest BCUT2D eigenvalue weighted by molar-refractivity contribution is 5.75. The molecule has 3 aromatic carbocycles. The molecule has 0 fully saturated rings. The van der Waals surface area contributed by atoms with E-state index >= 15 is 0 Å². The molecule has 0 saturated heterocycles. The number of nitrogens with zero attached hydrogens (tertiary/aromatic N) is 1. The highest BCUT2D eigenvalue weighted by Crippen LogP contribution is 2.32. The van der Waals surface area contributed by atoms with E-state index in [2.05, 4.69) is 29.2 Å². The summed E-state index contributed by atoms with van der Waals surface area (Å²) in [5.74, 6) is 0.305. The molecule has 1 atom stereocenters. The van der Waals surface area contributed by atoms with Crippen molar-refractivity contribution < 1.29 is 27.4 Å². The third-order valence-electron chi connectivity index (χ3n) is 7.09. The van der Waals surface area contributed by atoms with Crippen LogP contribution in [-0.2, 0) is 22.1 Å². The molecule has 0 N–H and O–H groups in total. The second-order valence-electron chi connectivity index (χ2n) is 9.98. The number of alkyl halides is 3. The van der Waals surface area contributed by atoms with Crippen LogP contribution >= 0.6 is 0 Å². The summed E-state index contributed by atoms with van der Waals surface area (Å²) in [6.07, 6.45) is 0.180. The molecule has 4 rings (SSSR count). The van der Waals surface area contributed by atoms with Crippen molar-refractivity contribution in [3.8, 4) is 16.9 Å². The molecule has 7 heteroatoms. The van der Waals surface area contributed by atoms with Gasteiger partial charge in [0.15, 0.2) is 6.10 Å². The van der Waals surface area contributed by atoms with E-state index in [9.17, 15) is 18.0 Å². The number of halogens is 3. The van der Waals surface area contributed by atoms with Crippen molar-refractivity contribution in [2.24, 2.45) is 0 Å². The normalized spacial score (nSPS) is 14.9. The second kappa shape index (κ2) is 13.7. The summed E-state index contributed by atoms with van der Waals surface area (Å²) in [5, 5.41) is 0. The topological polar surface area (TPSA) is 38.8 Å². The second-order valence-corrected chi connectivity index (χ2v) is 9.98. The molecule has 1 unspecified atom stereocenters. The first-order chi connectivity index (χ1) is 19.3. The summed E-state index contributed by atoms with van der Waals surface area (Å²) in [6.45, 7) is 6.56.